The van der Waals surface area contributed by atoms with Crippen molar-refractivity contribution < 1.29 is 4.79 Å². The number of carbonyl (C=O) groups is 1. The van der Waals surface area contributed by atoms with Gasteiger partial charge in [0.05, 0.1) is 6.04 Å². The van der Waals surface area contributed by atoms with E-state index in [2.05, 4.69) is 33.1 Å². The Morgan fingerprint density at radius 1 is 1.16 bits per heavy atom. The lowest BCUT2D eigenvalue weighted by Gasteiger charge is -2.24. The van der Waals surface area contributed by atoms with Gasteiger partial charge in [-0.3, -0.25) is 4.79 Å². The number of rotatable bonds is 5. The Balaban J connectivity index is 1.82. The number of aromatic nitrogens is 1. The summed E-state index contributed by atoms with van der Waals surface area (Å²) in [5.41, 5.74) is 3.01. The highest BCUT2D eigenvalue weighted by atomic mass is 35.5. The number of aryl methyl sites for hydroxylation is 1. The molecule has 0 spiro atoms. The van der Waals surface area contributed by atoms with Crippen LogP contribution in [0.2, 0.25) is 5.02 Å². The molecule has 25 heavy (non-hydrogen) atoms. The molecule has 1 amide bonds. The first-order chi connectivity index (χ1) is 12.0. The molecule has 0 radical (unpaired) electrons. The Kier molecular flexibility index (Phi) is 5.11. The van der Waals surface area contributed by atoms with Crippen LogP contribution >= 0.6 is 11.6 Å². The van der Waals surface area contributed by atoms with E-state index in [0.29, 0.717) is 17.1 Å². The average molecular weight is 356 g/mol. The topological polar surface area (TPSA) is 37.3 Å². The number of halogens is 1. The SMILES string of the molecule is CN(C)C(CNC(=O)c1ccc(Cl)cc1)c1cn(C)c2ccccc12. The number of para-hydroxylation sites is 1. The summed E-state index contributed by atoms with van der Waals surface area (Å²) in [4.78, 5) is 14.5. The summed E-state index contributed by atoms with van der Waals surface area (Å²) in [6.45, 7) is 0.530. The second kappa shape index (κ2) is 7.30. The molecule has 0 aliphatic rings. The van der Waals surface area contributed by atoms with Gasteiger partial charge in [-0.25, -0.2) is 0 Å². The molecule has 0 fully saturated rings. The van der Waals surface area contributed by atoms with Crippen molar-refractivity contribution in [3.8, 4) is 0 Å². The molecule has 0 aliphatic heterocycles. The van der Waals surface area contributed by atoms with E-state index in [1.165, 1.54) is 16.5 Å². The molecule has 1 aromatic heterocycles. The third-order valence-corrected chi connectivity index (χ3v) is 4.72. The van der Waals surface area contributed by atoms with Gasteiger partial charge in [-0.2, -0.15) is 0 Å². The molecule has 2 aromatic carbocycles. The summed E-state index contributed by atoms with van der Waals surface area (Å²) in [7, 11) is 6.10. The van der Waals surface area contributed by atoms with E-state index >= 15 is 0 Å². The van der Waals surface area contributed by atoms with Crippen molar-refractivity contribution >= 4 is 28.4 Å². The molecule has 3 aromatic rings. The molecule has 1 heterocycles. The van der Waals surface area contributed by atoms with E-state index in [1.54, 1.807) is 24.3 Å². The van der Waals surface area contributed by atoms with Gasteiger partial charge in [-0.05, 0) is 50.0 Å². The molecule has 1 atom stereocenters. The van der Waals surface area contributed by atoms with E-state index in [0.717, 1.165) is 0 Å². The lowest BCUT2D eigenvalue weighted by atomic mass is 10.0. The standard InChI is InChI=1S/C20H22ClN3O/c1-23(2)19(12-22-20(25)14-8-10-15(21)11-9-14)17-13-24(3)18-7-5-4-6-16(17)18/h4-11,13,19H,12H2,1-3H3,(H,22,25). The Morgan fingerprint density at radius 2 is 1.84 bits per heavy atom. The van der Waals surface area contributed by atoms with Crippen LogP contribution < -0.4 is 5.32 Å². The van der Waals surface area contributed by atoms with Crippen LogP contribution in [0.1, 0.15) is 22.0 Å². The van der Waals surface area contributed by atoms with Gasteiger partial charge in [0.25, 0.3) is 5.91 Å². The number of amides is 1. The summed E-state index contributed by atoms with van der Waals surface area (Å²) in [5.74, 6) is -0.0937. The third kappa shape index (κ3) is 3.70. The van der Waals surface area contributed by atoms with Gasteiger partial charge >= 0.3 is 0 Å². The molecule has 130 valence electrons. The summed E-state index contributed by atoms with van der Waals surface area (Å²) in [6, 6.07) is 15.3. The number of nitrogens with one attached hydrogen (secondary N) is 1. The normalized spacial score (nSPS) is 12.5. The van der Waals surface area contributed by atoms with Crippen molar-refractivity contribution in [2.45, 2.75) is 6.04 Å². The van der Waals surface area contributed by atoms with Gasteiger partial charge in [0.1, 0.15) is 0 Å². The van der Waals surface area contributed by atoms with E-state index in [1.807, 2.05) is 33.3 Å². The first-order valence-corrected chi connectivity index (χ1v) is 8.59. The van der Waals surface area contributed by atoms with Crippen LogP contribution in [-0.4, -0.2) is 36.0 Å². The minimum absolute atomic E-state index is 0.0855. The predicted molar refractivity (Wildman–Crippen MR) is 103 cm³/mol. The van der Waals surface area contributed by atoms with E-state index < -0.39 is 0 Å². The Hall–Kier alpha value is -2.30. The average Bonchev–Trinajstić information content (AvgIpc) is 2.92. The zero-order chi connectivity index (χ0) is 18.0. The van der Waals surface area contributed by atoms with Crippen molar-refractivity contribution in [1.29, 1.82) is 0 Å². The minimum atomic E-state index is -0.0937. The van der Waals surface area contributed by atoms with E-state index in [4.69, 9.17) is 11.6 Å². The molecular formula is C20H22ClN3O. The van der Waals surface area contributed by atoms with Crippen LogP contribution in [0.25, 0.3) is 10.9 Å². The van der Waals surface area contributed by atoms with Crippen LogP contribution in [0.4, 0.5) is 0 Å². The molecule has 1 unspecified atom stereocenters. The van der Waals surface area contributed by atoms with Gasteiger partial charge in [0.2, 0.25) is 0 Å². The smallest absolute Gasteiger partial charge is 0.251 e. The molecule has 0 aliphatic carbocycles. The fourth-order valence-electron chi connectivity index (χ4n) is 3.10. The second-order valence-electron chi connectivity index (χ2n) is 6.41. The van der Waals surface area contributed by atoms with Crippen LogP contribution in [0.3, 0.4) is 0 Å². The van der Waals surface area contributed by atoms with E-state index in [9.17, 15) is 4.79 Å². The quantitative estimate of drug-likeness (QED) is 0.754. The number of likely N-dealkylation sites (N-methyl/N-ethyl adjacent to an activating group) is 1. The molecule has 3 rings (SSSR count). The van der Waals surface area contributed by atoms with Gasteiger partial charge in [-0.15, -0.1) is 0 Å². The summed E-state index contributed by atoms with van der Waals surface area (Å²) in [6.07, 6.45) is 2.14. The number of fused-ring (bicyclic) bond motifs is 1. The Labute approximate surface area is 153 Å². The van der Waals surface area contributed by atoms with Crippen LogP contribution in [-0.2, 0) is 7.05 Å². The molecular weight excluding hydrogens is 334 g/mol. The molecule has 4 nitrogen and oxygen atoms in total. The third-order valence-electron chi connectivity index (χ3n) is 4.47. The summed E-state index contributed by atoms with van der Waals surface area (Å²) >= 11 is 5.88. The highest BCUT2D eigenvalue weighted by Gasteiger charge is 2.20. The maximum absolute atomic E-state index is 12.4. The summed E-state index contributed by atoms with van der Waals surface area (Å²) < 4.78 is 2.13. The molecule has 0 saturated heterocycles. The summed E-state index contributed by atoms with van der Waals surface area (Å²) in [5, 5.41) is 4.88. The highest BCUT2D eigenvalue weighted by Crippen LogP contribution is 2.28. The fourth-order valence-corrected chi connectivity index (χ4v) is 3.23. The van der Waals surface area contributed by atoms with Crippen molar-refractivity contribution in [3.63, 3.8) is 0 Å². The zero-order valence-corrected chi connectivity index (χ0v) is 15.4. The predicted octanol–water partition coefficient (Wildman–Crippen LogP) is 3.86. The number of hydrogen-bond acceptors (Lipinski definition) is 2. The first kappa shape index (κ1) is 17.5. The van der Waals surface area contributed by atoms with Crippen LogP contribution in [0.15, 0.2) is 54.7 Å². The van der Waals surface area contributed by atoms with Gasteiger partial charge in [-0.1, -0.05) is 29.8 Å². The van der Waals surface area contributed by atoms with Crippen molar-refractivity contribution in [3.05, 3.63) is 70.9 Å². The van der Waals surface area contributed by atoms with Crippen molar-refractivity contribution in [1.82, 2.24) is 14.8 Å². The van der Waals surface area contributed by atoms with E-state index in [-0.39, 0.29) is 11.9 Å². The minimum Gasteiger partial charge on any atom is -0.350 e. The molecule has 0 saturated carbocycles. The number of nitrogens with zero attached hydrogens (tertiary/aromatic N) is 2. The molecule has 5 heteroatoms. The fraction of sp³-hybridized carbons (Fsp3) is 0.250. The van der Waals surface area contributed by atoms with Gasteiger partial charge < -0.3 is 14.8 Å². The molecule has 0 bridgehead atoms. The highest BCUT2D eigenvalue weighted by molar-refractivity contribution is 6.30. The lowest BCUT2D eigenvalue weighted by molar-refractivity contribution is 0.0942. The zero-order valence-electron chi connectivity index (χ0n) is 14.7. The monoisotopic (exact) mass is 355 g/mol. The first-order valence-electron chi connectivity index (χ1n) is 8.21. The number of benzene rings is 2. The maximum atomic E-state index is 12.4. The van der Waals surface area contributed by atoms with Crippen molar-refractivity contribution in [2.75, 3.05) is 20.6 Å². The van der Waals surface area contributed by atoms with Crippen LogP contribution in [0, 0.1) is 0 Å². The Bertz CT molecular complexity index is 884. The second-order valence-corrected chi connectivity index (χ2v) is 6.85. The molecule has 1 N–H and O–H groups in total. The largest absolute Gasteiger partial charge is 0.350 e. The number of carbonyl (C=O) groups excluding carboxylic acids is 1. The maximum Gasteiger partial charge on any atom is 0.251 e. The van der Waals surface area contributed by atoms with Crippen LogP contribution in [0.5, 0.6) is 0 Å². The van der Waals surface area contributed by atoms with Gasteiger partial charge in [0, 0.05) is 41.3 Å². The Morgan fingerprint density at radius 3 is 2.52 bits per heavy atom. The number of hydrogen-bond donors (Lipinski definition) is 1. The van der Waals surface area contributed by atoms with Crippen molar-refractivity contribution in [2.24, 2.45) is 7.05 Å². The lowest BCUT2D eigenvalue weighted by Crippen LogP contribution is -2.34. The van der Waals surface area contributed by atoms with Gasteiger partial charge in [0.15, 0.2) is 0 Å².